The zero-order valence-electron chi connectivity index (χ0n) is 13.9. The summed E-state index contributed by atoms with van der Waals surface area (Å²) in [5, 5.41) is 6.54. The van der Waals surface area contributed by atoms with E-state index in [9.17, 15) is 9.59 Å². The predicted molar refractivity (Wildman–Crippen MR) is 90.2 cm³/mol. The van der Waals surface area contributed by atoms with Gasteiger partial charge in [0.25, 0.3) is 5.56 Å². The van der Waals surface area contributed by atoms with Crippen molar-refractivity contribution in [3.8, 4) is 0 Å². The Morgan fingerprint density at radius 1 is 1.20 bits per heavy atom. The Bertz CT molecular complexity index is 946. The quantitative estimate of drug-likeness (QED) is 0.729. The van der Waals surface area contributed by atoms with Crippen LogP contribution in [0.25, 0.3) is 0 Å². The molecule has 3 rings (SSSR count). The number of aromatic nitrogens is 4. The Balaban J connectivity index is 1.67. The highest BCUT2D eigenvalue weighted by atomic mass is 16.5. The minimum atomic E-state index is -0.246. The summed E-state index contributed by atoms with van der Waals surface area (Å²) in [6.45, 7) is 3.47. The largest absolute Gasteiger partial charge is 0.339 e. The Hall–Kier alpha value is -3.29. The number of hydrogen-bond donors (Lipinski definition) is 2. The van der Waals surface area contributed by atoms with E-state index in [1.807, 2.05) is 18.2 Å². The number of carbonyl (C=O) groups excluding carboxylic acids is 1. The van der Waals surface area contributed by atoms with Crippen LogP contribution in [0.15, 0.2) is 39.6 Å². The number of hydrogen-bond acceptors (Lipinski definition) is 6. The number of nitrogens with one attached hydrogen (secondary N) is 2. The van der Waals surface area contributed by atoms with Crippen LogP contribution in [0.2, 0.25) is 0 Å². The lowest BCUT2D eigenvalue weighted by Gasteiger charge is -2.02. The van der Waals surface area contributed by atoms with Gasteiger partial charge in [0, 0.05) is 16.9 Å². The van der Waals surface area contributed by atoms with Crippen LogP contribution in [0, 0.1) is 13.8 Å². The summed E-state index contributed by atoms with van der Waals surface area (Å²) in [6.07, 6.45) is 0.154. The lowest BCUT2D eigenvalue weighted by atomic mass is 10.1. The molecule has 0 aliphatic carbocycles. The molecule has 1 amide bonds. The maximum absolute atomic E-state index is 12.0. The van der Waals surface area contributed by atoms with Crippen molar-refractivity contribution >= 4 is 11.6 Å². The minimum Gasteiger partial charge on any atom is -0.339 e. The summed E-state index contributed by atoms with van der Waals surface area (Å²) in [6, 6.07) is 9.11. The summed E-state index contributed by atoms with van der Waals surface area (Å²) >= 11 is 0. The molecular weight excluding hydrogens is 322 g/mol. The Labute approximate surface area is 143 Å². The molecule has 0 bridgehead atoms. The number of carbonyl (C=O) groups is 1. The lowest BCUT2D eigenvalue weighted by Crippen LogP contribution is -2.18. The highest BCUT2D eigenvalue weighted by Crippen LogP contribution is 2.09. The van der Waals surface area contributed by atoms with Gasteiger partial charge in [0.1, 0.15) is 5.82 Å². The normalized spacial score (nSPS) is 10.6. The number of amides is 1. The molecule has 0 aliphatic heterocycles. The average Bonchev–Trinajstić information content (AvgIpc) is 2.99. The topological polar surface area (TPSA) is 114 Å². The standard InChI is InChI=1S/C17H17N5O3/c1-10-13(17(24)19-11(2)18-10)8-16-21-14(22-25-16)9-15(23)20-12-6-4-3-5-7-12/h3-7H,8-9H2,1-2H3,(H,20,23)(H,18,19,24). The molecule has 8 nitrogen and oxygen atoms in total. The number of aryl methyl sites for hydroxylation is 2. The fraction of sp³-hybridized carbons (Fsp3) is 0.235. The molecule has 0 spiro atoms. The molecule has 0 atom stereocenters. The third-order valence-electron chi connectivity index (χ3n) is 3.56. The van der Waals surface area contributed by atoms with Crippen molar-refractivity contribution in [1.82, 2.24) is 20.1 Å². The molecule has 0 saturated carbocycles. The molecule has 8 heteroatoms. The maximum atomic E-state index is 12.0. The lowest BCUT2D eigenvalue weighted by molar-refractivity contribution is -0.115. The molecule has 3 aromatic rings. The van der Waals surface area contributed by atoms with Crippen LogP contribution in [-0.2, 0) is 17.6 Å². The molecule has 1 aromatic carbocycles. The van der Waals surface area contributed by atoms with Crippen molar-refractivity contribution in [2.45, 2.75) is 26.7 Å². The SMILES string of the molecule is Cc1nc(C)c(Cc2nc(CC(=O)Nc3ccccc3)no2)c(=O)[nH]1. The van der Waals surface area contributed by atoms with Crippen molar-refractivity contribution in [3.63, 3.8) is 0 Å². The summed E-state index contributed by atoms with van der Waals surface area (Å²) in [5.41, 5.74) is 1.55. The van der Waals surface area contributed by atoms with Crippen LogP contribution in [-0.4, -0.2) is 26.0 Å². The van der Waals surface area contributed by atoms with Gasteiger partial charge >= 0.3 is 0 Å². The second-order valence-electron chi connectivity index (χ2n) is 5.59. The van der Waals surface area contributed by atoms with Crippen LogP contribution in [0.3, 0.4) is 0 Å². The highest BCUT2D eigenvalue weighted by molar-refractivity contribution is 5.91. The van der Waals surface area contributed by atoms with Crippen molar-refractivity contribution in [2.75, 3.05) is 5.32 Å². The first-order chi connectivity index (χ1) is 12.0. The smallest absolute Gasteiger partial charge is 0.254 e. The van der Waals surface area contributed by atoms with Gasteiger partial charge in [0.2, 0.25) is 11.8 Å². The molecule has 0 fully saturated rings. The van der Waals surface area contributed by atoms with Gasteiger partial charge in [-0.3, -0.25) is 9.59 Å². The first kappa shape index (κ1) is 16.6. The number of benzene rings is 1. The third kappa shape index (κ3) is 4.17. The van der Waals surface area contributed by atoms with Crippen molar-refractivity contribution in [2.24, 2.45) is 0 Å². The molecule has 0 saturated heterocycles. The Morgan fingerprint density at radius 3 is 2.68 bits per heavy atom. The zero-order chi connectivity index (χ0) is 17.8. The van der Waals surface area contributed by atoms with Crippen LogP contribution in [0.4, 0.5) is 5.69 Å². The second kappa shape index (κ2) is 7.08. The average molecular weight is 339 g/mol. The zero-order valence-corrected chi connectivity index (χ0v) is 13.9. The van der Waals surface area contributed by atoms with E-state index in [4.69, 9.17) is 4.52 Å². The van der Waals surface area contributed by atoms with Gasteiger partial charge < -0.3 is 14.8 Å². The van der Waals surface area contributed by atoms with Crippen LogP contribution >= 0.6 is 0 Å². The van der Waals surface area contributed by atoms with E-state index >= 15 is 0 Å². The van der Waals surface area contributed by atoms with E-state index < -0.39 is 0 Å². The number of aromatic amines is 1. The molecule has 0 radical (unpaired) electrons. The van der Waals surface area contributed by atoms with E-state index in [0.717, 1.165) is 0 Å². The highest BCUT2D eigenvalue weighted by Gasteiger charge is 2.15. The summed E-state index contributed by atoms with van der Waals surface area (Å²) in [7, 11) is 0. The van der Waals surface area contributed by atoms with Crippen molar-refractivity contribution in [3.05, 3.63) is 69.5 Å². The number of rotatable bonds is 5. The van der Waals surface area contributed by atoms with E-state index in [1.54, 1.807) is 26.0 Å². The Morgan fingerprint density at radius 2 is 1.96 bits per heavy atom. The molecule has 0 aliphatic rings. The monoisotopic (exact) mass is 339 g/mol. The molecule has 2 heterocycles. The van der Waals surface area contributed by atoms with Gasteiger partial charge in [-0.2, -0.15) is 4.98 Å². The number of H-pyrrole nitrogens is 1. The first-order valence-electron chi connectivity index (χ1n) is 7.74. The summed E-state index contributed by atoms with van der Waals surface area (Å²) in [5.74, 6) is 0.832. The predicted octanol–water partition coefficient (Wildman–Crippen LogP) is 1.54. The maximum Gasteiger partial charge on any atom is 0.254 e. The number of para-hydroxylation sites is 1. The van der Waals surface area contributed by atoms with E-state index in [-0.39, 0.29) is 36.0 Å². The fourth-order valence-electron chi connectivity index (χ4n) is 2.41. The second-order valence-corrected chi connectivity index (χ2v) is 5.59. The van der Waals surface area contributed by atoms with Crippen LogP contribution < -0.4 is 10.9 Å². The van der Waals surface area contributed by atoms with Gasteiger partial charge in [-0.1, -0.05) is 23.4 Å². The molecule has 0 unspecified atom stereocenters. The van der Waals surface area contributed by atoms with E-state index in [2.05, 4.69) is 25.4 Å². The van der Waals surface area contributed by atoms with Crippen LogP contribution in [0.1, 0.15) is 28.8 Å². The molecule has 2 N–H and O–H groups in total. The molecular formula is C17H17N5O3. The van der Waals surface area contributed by atoms with E-state index in [1.165, 1.54) is 0 Å². The number of nitrogens with zero attached hydrogens (tertiary/aromatic N) is 3. The van der Waals surface area contributed by atoms with Gasteiger partial charge in [-0.15, -0.1) is 0 Å². The molecule has 128 valence electrons. The van der Waals surface area contributed by atoms with Crippen molar-refractivity contribution < 1.29 is 9.32 Å². The van der Waals surface area contributed by atoms with Crippen molar-refractivity contribution in [1.29, 1.82) is 0 Å². The Kier molecular flexibility index (Phi) is 4.69. The molecule has 25 heavy (non-hydrogen) atoms. The number of anilines is 1. The van der Waals surface area contributed by atoms with Gasteiger partial charge in [-0.25, -0.2) is 4.98 Å². The van der Waals surface area contributed by atoms with E-state index in [0.29, 0.717) is 22.8 Å². The van der Waals surface area contributed by atoms with Gasteiger partial charge in [0.15, 0.2) is 5.82 Å². The van der Waals surface area contributed by atoms with Crippen LogP contribution in [0.5, 0.6) is 0 Å². The first-order valence-corrected chi connectivity index (χ1v) is 7.74. The summed E-state index contributed by atoms with van der Waals surface area (Å²) < 4.78 is 5.14. The summed E-state index contributed by atoms with van der Waals surface area (Å²) in [4.78, 5) is 35.0. The molecule has 2 aromatic heterocycles. The fourth-order valence-corrected chi connectivity index (χ4v) is 2.41. The van der Waals surface area contributed by atoms with Gasteiger partial charge in [0.05, 0.1) is 12.8 Å². The third-order valence-corrected chi connectivity index (χ3v) is 3.56. The van der Waals surface area contributed by atoms with Gasteiger partial charge in [-0.05, 0) is 26.0 Å². The minimum absolute atomic E-state index is 0.0140.